The molecule has 0 saturated heterocycles. The highest BCUT2D eigenvalue weighted by molar-refractivity contribution is 14.1. The molecule has 3 nitrogen and oxygen atoms in total. The number of halogens is 1. The maximum Gasteiger partial charge on any atom is 0.343 e. The van der Waals surface area contributed by atoms with Gasteiger partial charge in [-0.15, -0.1) is 0 Å². The van der Waals surface area contributed by atoms with Gasteiger partial charge in [0.1, 0.15) is 11.5 Å². The minimum atomic E-state index is -0.379. The molecule has 110 valence electrons. The monoisotopic (exact) mass is 404 g/mol. The van der Waals surface area contributed by atoms with E-state index in [1.807, 2.05) is 36.4 Å². The van der Waals surface area contributed by atoms with E-state index in [0.29, 0.717) is 11.3 Å². The fourth-order valence-electron chi connectivity index (χ4n) is 2.19. The minimum Gasteiger partial charge on any atom is -0.496 e. The number of carbonyl (C=O) groups is 1. The zero-order chi connectivity index (χ0) is 15.5. The van der Waals surface area contributed by atoms with Gasteiger partial charge in [0.2, 0.25) is 0 Å². The quantitative estimate of drug-likeness (QED) is 0.362. The molecule has 0 fully saturated rings. The van der Waals surface area contributed by atoms with Crippen molar-refractivity contribution >= 4 is 39.3 Å². The molecule has 0 N–H and O–H groups in total. The zero-order valence-corrected chi connectivity index (χ0v) is 14.0. The largest absolute Gasteiger partial charge is 0.496 e. The van der Waals surface area contributed by atoms with E-state index in [9.17, 15) is 4.79 Å². The van der Waals surface area contributed by atoms with E-state index in [1.54, 1.807) is 31.4 Å². The van der Waals surface area contributed by atoms with Crippen LogP contribution in [0.25, 0.3) is 10.8 Å². The van der Waals surface area contributed by atoms with Crippen LogP contribution < -0.4 is 9.47 Å². The third kappa shape index (κ3) is 3.06. The lowest BCUT2D eigenvalue weighted by Crippen LogP contribution is -2.08. The first-order valence-corrected chi connectivity index (χ1v) is 7.80. The zero-order valence-electron chi connectivity index (χ0n) is 11.9. The van der Waals surface area contributed by atoms with E-state index >= 15 is 0 Å². The molecule has 0 aliphatic carbocycles. The molecular weight excluding hydrogens is 391 g/mol. The van der Waals surface area contributed by atoms with Crippen LogP contribution in [0.2, 0.25) is 0 Å². The van der Waals surface area contributed by atoms with Gasteiger partial charge in [-0.1, -0.05) is 30.3 Å². The molecule has 0 saturated carbocycles. The fraction of sp³-hybridized carbons (Fsp3) is 0.0556. The first kappa shape index (κ1) is 14.8. The van der Waals surface area contributed by atoms with Crippen molar-refractivity contribution in [3.05, 3.63) is 69.8 Å². The van der Waals surface area contributed by atoms with Crippen molar-refractivity contribution < 1.29 is 14.3 Å². The summed E-state index contributed by atoms with van der Waals surface area (Å²) in [4.78, 5) is 12.2. The number of esters is 1. The second-order valence-electron chi connectivity index (χ2n) is 4.75. The summed E-state index contributed by atoms with van der Waals surface area (Å²) in [5.74, 6) is 0.897. The summed E-state index contributed by atoms with van der Waals surface area (Å²) in [5.41, 5.74) is 0.498. The average Bonchev–Trinajstić information content (AvgIpc) is 2.54. The van der Waals surface area contributed by atoms with E-state index in [2.05, 4.69) is 22.6 Å². The Labute approximate surface area is 142 Å². The van der Waals surface area contributed by atoms with Crippen molar-refractivity contribution in [1.82, 2.24) is 0 Å². The lowest BCUT2D eigenvalue weighted by Gasteiger charge is -2.08. The van der Waals surface area contributed by atoms with E-state index in [1.165, 1.54) is 0 Å². The topological polar surface area (TPSA) is 35.5 Å². The van der Waals surface area contributed by atoms with Crippen molar-refractivity contribution in [2.24, 2.45) is 0 Å². The highest BCUT2D eigenvalue weighted by Gasteiger charge is 2.11. The third-order valence-electron chi connectivity index (χ3n) is 3.32. The number of fused-ring (bicyclic) bond motifs is 1. The number of benzene rings is 3. The summed E-state index contributed by atoms with van der Waals surface area (Å²) in [6.45, 7) is 0. The van der Waals surface area contributed by atoms with E-state index in [0.717, 1.165) is 20.1 Å². The molecule has 0 atom stereocenters. The van der Waals surface area contributed by atoms with Gasteiger partial charge in [0.25, 0.3) is 0 Å². The van der Waals surface area contributed by atoms with Crippen LogP contribution in [0.15, 0.2) is 60.7 Å². The van der Waals surface area contributed by atoms with Gasteiger partial charge in [0.05, 0.1) is 16.2 Å². The average molecular weight is 404 g/mol. The van der Waals surface area contributed by atoms with E-state index < -0.39 is 0 Å². The Kier molecular flexibility index (Phi) is 4.29. The van der Waals surface area contributed by atoms with Crippen molar-refractivity contribution in [2.75, 3.05) is 7.11 Å². The van der Waals surface area contributed by atoms with Gasteiger partial charge in [-0.25, -0.2) is 4.79 Å². The molecule has 0 aliphatic heterocycles. The molecule has 0 spiro atoms. The summed E-state index contributed by atoms with van der Waals surface area (Å²) in [6, 6.07) is 18.8. The molecular formula is C18H13IO3. The highest BCUT2D eigenvalue weighted by atomic mass is 127. The summed E-state index contributed by atoms with van der Waals surface area (Å²) < 4.78 is 11.5. The van der Waals surface area contributed by atoms with Gasteiger partial charge in [0.15, 0.2) is 0 Å². The van der Waals surface area contributed by atoms with Crippen molar-refractivity contribution in [3.8, 4) is 11.5 Å². The van der Waals surface area contributed by atoms with Gasteiger partial charge in [-0.2, -0.15) is 0 Å². The number of methoxy groups -OCH3 is 1. The lowest BCUT2D eigenvalue weighted by atomic mass is 10.1. The van der Waals surface area contributed by atoms with Crippen LogP contribution in [0.1, 0.15) is 10.4 Å². The van der Waals surface area contributed by atoms with Crippen LogP contribution >= 0.6 is 22.6 Å². The maximum absolute atomic E-state index is 12.2. The normalized spacial score (nSPS) is 10.5. The van der Waals surface area contributed by atoms with Crippen LogP contribution in [0.5, 0.6) is 11.5 Å². The Morgan fingerprint density at radius 3 is 2.45 bits per heavy atom. The summed E-state index contributed by atoms with van der Waals surface area (Å²) in [5, 5.41) is 2.15. The molecule has 0 aliphatic rings. The number of ether oxygens (including phenoxy) is 2. The smallest absolute Gasteiger partial charge is 0.343 e. The summed E-state index contributed by atoms with van der Waals surface area (Å²) in [7, 11) is 1.60. The van der Waals surface area contributed by atoms with Crippen LogP contribution in [0.3, 0.4) is 0 Å². The van der Waals surface area contributed by atoms with Gasteiger partial charge in [0, 0.05) is 0 Å². The van der Waals surface area contributed by atoms with Crippen LogP contribution in [0, 0.1) is 3.57 Å². The molecule has 22 heavy (non-hydrogen) atoms. The van der Waals surface area contributed by atoms with Crippen LogP contribution in [-0.4, -0.2) is 13.1 Å². The lowest BCUT2D eigenvalue weighted by molar-refractivity contribution is 0.0735. The first-order valence-electron chi connectivity index (χ1n) is 6.72. The number of carbonyl (C=O) groups excluding carboxylic acids is 1. The van der Waals surface area contributed by atoms with Crippen LogP contribution in [-0.2, 0) is 0 Å². The maximum atomic E-state index is 12.2. The van der Waals surface area contributed by atoms with Crippen molar-refractivity contribution in [3.63, 3.8) is 0 Å². The van der Waals surface area contributed by atoms with Gasteiger partial charge in [-0.3, -0.25) is 0 Å². The van der Waals surface area contributed by atoms with E-state index in [4.69, 9.17) is 9.47 Å². The molecule has 3 aromatic rings. The third-order valence-corrected chi connectivity index (χ3v) is 4.16. The van der Waals surface area contributed by atoms with Gasteiger partial charge < -0.3 is 9.47 Å². The molecule has 0 heterocycles. The highest BCUT2D eigenvalue weighted by Crippen LogP contribution is 2.24. The Bertz CT molecular complexity index is 843. The second-order valence-corrected chi connectivity index (χ2v) is 5.91. The molecule has 0 amide bonds. The fourth-order valence-corrected chi connectivity index (χ4v) is 2.93. The minimum absolute atomic E-state index is 0.379. The van der Waals surface area contributed by atoms with Crippen LogP contribution in [0.4, 0.5) is 0 Å². The standard InChI is InChI=1S/C18H13IO3/c1-21-17-9-7-14(11-16(17)19)18(20)22-15-8-6-12-4-2-3-5-13(12)10-15/h2-11H,1H3. The number of hydrogen-bond acceptors (Lipinski definition) is 3. The number of rotatable bonds is 3. The predicted molar refractivity (Wildman–Crippen MR) is 94.6 cm³/mol. The SMILES string of the molecule is COc1ccc(C(=O)Oc2ccc3ccccc3c2)cc1I. The second kappa shape index (κ2) is 6.36. The van der Waals surface area contributed by atoms with Gasteiger partial charge >= 0.3 is 5.97 Å². The van der Waals surface area contributed by atoms with Crippen molar-refractivity contribution in [2.45, 2.75) is 0 Å². The molecule has 4 heteroatoms. The Balaban J connectivity index is 1.84. The number of hydrogen-bond donors (Lipinski definition) is 0. The Morgan fingerprint density at radius 1 is 0.955 bits per heavy atom. The molecule has 0 bridgehead atoms. The molecule has 0 unspecified atom stereocenters. The molecule has 0 aromatic heterocycles. The first-order chi connectivity index (χ1) is 10.7. The van der Waals surface area contributed by atoms with Crippen molar-refractivity contribution in [1.29, 1.82) is 0 Å². The van der Waals surface area contributed by atoms with Gasteiger partial charge in [-0.05, 0) is 63.7 Å². The summed E-state index contributed by atoms with van der Waals surface area (Å²) in [6.07, 6.45) is 0. The Hall–Kier alpha value is -2.08. The Morgan fingerprint density at radius 2 is 1.73 bits per heavy atom. The van der Waals surface area contributed by atoms with E-state index in [-0.39, 0.29) is 5.97 Å². The molecule has 3 rings (SSSR count). The predicted octanol–water partition coefficient (Wildman–Crippen LogP) is 4.67. The molecule has 0 radical (unpaired) electrons. The summed E-state index contributed by atoms with van der Waals surface area (Å²) >= 11 is 2.13. The molecule has 3 aromatic carbocycles.